The Labute approximate surface area is 108 Å². The van der Waals surface area contributed by atoms with Crippen LogP contribution in [0.5, 0.6) is 0 Å². The van der Waals surface area contributed by atoms with Gasteiger partial charge >= 0.3 is 0 Å². The molecule has 0 spiro atoms. The van der Waals surface area contributed by atoms with Gasteiger partial charge in [-0.05, 0) is 44.4 Å². The first-order chi connectivity index (χ1) is 8.70. The van der Waals surface area contributed by atoms with Crippen LogP contribution in [0.1, 0.15) is 43.5 Å². The van der Waals surface area contributed by atoms with E-state index in [1.165, 1.54) is 29.7 Å². The fourth-order valence-corrected chi connectivity index (χ4v) is 3.18. The maximum absolute atomic E-state index is 6.23. The van der Waals surface area contributed by atoms with E-state index < -0.39 is 0 Å². The highest BCUT2D eigenvalue weighted by atomic mass is 15.1. The number of rotatable bonds is 2. The molecule has 0 aliphatic heterocycles. The summed E-state index contributed by atoms with van der Waals surface area (Å²) in [4.78, 5) is 4.86. The molecule has 3 heteroatoms. The van der Waals surface area contributed by atoms with Gasteiger partial charge in [-0.2, -0.15) is 0 Å². The van der Waals surface area contributed by atoms with Crippen molar-refractivity contribution in [1.29, 1.82) is 0 Å². The van der Waals surface area contributed by atoms with Gasteiger partial charge in [-0.3, -0.25) is 0 Å². The van der Waals surface area contributed by atoms with E-state index in [1.54, 1.807) is 0 Å². The summed E-state index contributed by atoms with van der Waals surface area (Å²) in [6, 6.07) is 6.80. The van der Waals surface area contributed by atoms with Crippen molar-refractivity contribution in [2.45, 2.75) is 51.6 Å². The van der Waals surface area contributed by atoms with Crippen molar-refractivity contribution in [2.75, 3.05) is 0 Å². The SMILES string of the molecule is CCn1c(C2CCCC2N)nc2cc(C)ccc21. The Morgan fingerprint density at radius 1 is 1.39 bits per heavy atom. The van der Waals surface area contributed by atoms with E-state index >= 15 is 0 Å². The summed E-state index contributed by atoms with van der Waals surface area (Å²) in [6.45, 7) is 5.27. The highest BCUT2D eigenvalue weighted by Gasteiger charge is 2.29. The minimum atomic E-state index is 0.285. The van der Waals surface area contributed by atoms with Crippen molar-refractivity contribution in [3.8, 4) is 0 Å². The third kappa shape index (κ3) is 1.74. The van der Waals surface area contributed by atoms with Gasteiger partial charge in [0, 0.05) is 18.5 Å². The zero-order valence-electron chi connectivity index (χ0n) is 11.2. The molecule has 0 bridgehead atoms. The molecule has 18 heavy (non-hydrogen) atoms. The van der Waals surface area contributed by atoms with Crippen molar-refractivity contribution >= 4 is 11.0 Å². The number of imidazole rings is 1. The van der Waals surface area contributed by atoms with Crippen LogP contribution in [0, 0.1) is 6.92 Å². The van der Waals surface area contributed by atoms with Crippen molar-refractivity contribution in [3.63, 3.8) is 0 Å². The Kier molecular flexibility index (Phi) is 2.86. The highest BCUT2D eigenvalue weighted by molar-refractivity contribution is 5.77. The predicted octanol–water partition coefficient (Wildman–Crippen LogP) is 2.96. The van der Waals surface area contributed by atoms with Gasteiger partial charge in [0.25, 0.3) is 0 Å². The second kappa shape index (κ2) is 4.39. The standard InChI is InChI=1S/C15H21N3/c1-3-18-14-8-7-10(2)9-13(14)17-15(18)11-5-4-6-12(11)16/h7-9,11-12H,3-6,16H2,1-2H3. The smallest absolute Gasteiger partial charge is 0.114 e. The van der Waals surface area contributed by atoms with Gasteiger partial charge in [0.2, 0.25) is 0 Å². The molecular formula is C15H21N3. The first-order valence-electron chi connectivity index (χ1n) is 6.93. The normalized spacial score (nSPS) is 23.9. The second-order valence-electron chi connectivity index (χ2n) is 5.41. The lowest BCUT2D eigenvalue weighted by atomic mass is 10.0. The first-order valence-corrected chi connectivity index (χ1v) is 6.93. The lowest BCUT2D eigenvalue weighted by molar-refractivity contribution is 0.550. The van der Waals surface area contributed by atoms with Gasteiger partial charge < -0.3 is 10.3 Å². The summed E-state index contributed by atoms with van der Waals surface area (Å²) in [6.07, 6.45) is 3.55. The lowest BCUT2D eigenvalue weighted by Gasteiger charge is -2.16. The molecule has 1 aliphatic rings. The van der Waals surface area contributed by atoms with Crippen LogP contribution in [0.4, 0.5) is 0 Å². The molecule has 1 heterocycles. The Morgan fingerprint density at radius 3 is 2.89 bits per heavy atom. The summed E-state index contributed by atoms with van der Waals surface area (Å²) in [5.41, 5.74) is 9.87. The van der Waals surface area contributed by atoms with Crippen molar-refractivity contribution in [1.82, 2.24) is 9.55 Å². The van der Waals surface area contributed by atoms with E-state index in [0.717, 1.165) is 18.5 Å². The van der Waals surface area contributed by atoms with Gasteiger partial charge in [-0.25, -0.2) is 4.98 Å². The molecule has 3 rings (SSSR count). The number of aryl methyl sites for hydroxylation is 2. The third-order valence-corrected chi connectivity index (χ3v) is 4.15. The van der Waals surface area contributed by atoms with E-state index in [2.05, 4.69) is 36.6 Å². The summed E-state index contributed by atoms with van der Waals surface area (Å²) in [5.74, 6) is 1.64. The number of aromatic nitrogens is 2. The minimum absolute atomic E-state index is 0.285. The van der Waals surface area contributed by atoms with Gasteiger partial charge in [-0.1, -0.05) is 12.5 Å². The zero-order valence-corrected chi connectivity index (χ0v) is 11.2. The van der Waals surface area contributed by atoms with Crippen LogP contribution in [0.25, 0.3) is 11.0 Å². The number of nitrogens with two attached hydrogens (primary N) is 1. The molecule has 2 aromatic rings. The molecule has 1 aromatic carbocycles. The quantitative estimate of drug-likeness (QED) is 0.881. The van der Waals surface area contributed by atoms with Gasteiger partial charge in [0.15, 0.2) is 0 Å². The molecule has 96 valence electrons. The van der Waals surface area contributed by atoms with Gasteiger partial charge in [-0.15, -0.1) is 0 Å². The topological polar surface area (TPSA) is 43.8 Å². The van der Waals surface area contributed by atoms with Crippen molar-refractivity contribution in [3.05, 3.63) is 29.6 Å². The number of nitrogens with zero attached hydrogens (tertiary/aromatic N) is 2. The van der Waals surface area contributed by atoms with Crippen LogP contribution in [-0.4, -0.2) is 15.6 Å². The van der Waals surface area contributed by atoms with E-state index in [4.69, 9.17) is 10.7 Å². The molecule has 1 aliphatic carbocycles. The minimum Gasteiger partial charge on any atom is -0.328 e. The van der Waals surface area contributed by atoms with E-state index in [0.29, 0.717) is 5.92 Å². The predicted molar refractivity (Wildman–Crippen MR) is 74.7 cm³/mol. The molecule has 1 saturated carbocycles. The lowest BCUT2D eigenvalue weighted by Crippen LogP contribution is -2.25. The molecule has 1 aromatic heterocycles. The second-order valence-corrected chi connectivity index (χ2v) is 5.41. The van der Waals surface area contributed by atoms with Crippen LogP contribution in [0.3, 0.4) is 0 Å². The van der Waals surface area contributed by atoms with Gasteiger partial charge in [0.1, 0.15) is 5.82 Å². The third-order valence-electron chi connectivity index (χ3n) is 4.15. The van der Waals surface area contributed by atoms with Gasteiger partial charge in [0.05, 0.1) is 11.0 Å². The highest BCUT2D eigenvalue weighted by Crippen LogP contribution is 2.34. The summed E-state index contributed by atoms with van der Waals surface area (Å²) < 4.78 is 2.34. The summed E-state index contributed by atoms with van der Waals surface area (Å²) in [5, 5.41) is 0. The summed E-state index contributed by atoms with van der Waals surface area (Å²) >= 11 is 0. The van der Waals surface area contributed by atoms with E-state index in [1.807, 2.05) is 0 Å². The number of fused-ring (bicyclic) bond motifs is 1. The molecule has 0 saturated heterocycles. The fraction of sp³-hybridized carbons (Fsp3) is 0.533. The zero-order chi connectivity index (χ0) is 12.7. The van der Waals surface area contributed by atoms with Crippen LogP contribution in [0.2, 0.25) is 0 Å². The average molecular weight is 243 g/mol. The molecule has 0 radical (unpaired) electrons. The Morgan fingerprint density at radius 2 is 2.22 bits per heavy atom. The van der Waals surface area contributed by atoms with Crippen LogP contribution < -0.4 is 5.73 Å². The number of hydrogen-bond acceptors (Lipinski definition) is 2. The molecular weight excluding hydrogens is 222 g/mol. The van der Waals surface area contributed by atoms with E-state index in [-0.39, 0.29) is 6.04 Å². The van der Waals surface area contributed by atoms with Crippen LogP contribution in [-0.2, 0) is 6.54 Å². The van der Waals surface area contributed by atoms with Crippen LogP contribution >= 0.6 is 0 Å². The summed E-state index contributed by atoms with van der Waals surface area (Å²) in [7, 11) is 0. The fourth-order valence-electron chi connectivity index (χ4n) is 3.18. The monoisotopic (exact) mass is 243 g/mol. The molecule has 0 amide bonds. The van der Waals surface area contributed by atoms with E-state index in [9.17, 15) is 0 Å². The number of benzene rings is 1. The largest absolute Gasteiger partial charge is 0.328 e. The van der Waals surface area contributed by atoms with Crippen molar-refractivity contribution < 1.29 is 0 Å². The average Bonchev–Trinajstić information content (AvgIpc) is 2.91. The molecule has 2 N–H and O–H groups in total. The molecule has 2 unspecified atom stereocenters. The Bertz CT molecular complexity index is 570. The molecule has 1 fully saturated rings. The maximum atomic E-state index is 6.23. The Balaban J connectivity index is 2.16. The first kappa shape index (κ1) is 11.7. The Hall–Kier alpha value is -1.35. The molecule has 3 nitrogen and oxygen atoms in total. The number of hydrogen-bond donors (Lipinski definition) is 1. The maximum Gasteiger partial charge on any atom is 0.114 e. The van der Waals surface area contributed by atoms with Crippen molar-refractivity contribution in [2.24, 2.45) is 5.73 Å². The molecule has 2 atom stereocenters. The van der Waals surface area contributed by atoms with Crippen LogP contribution in [0.15, 0.2) is 18.2 Å².